The molecule has 0 saturated carbocycles. The molecule has 0 aliphatic carbocycles. The van der Waals surface area contributed by atoms with E-state index in [1.54, 1.807) is 0 Å². The monoisotopic (exact) mass is 337 g/mol. The smallest absolute Gasteiger partial charge is 0.287 e. The normalized spacial score (nSPS) is 17.8. The standard InChI is InChI=1S/C19H20N4O2/c24-14-7-4-10-23(12-14)17-9-8-15-18(22-17)20-16(19(25)21-15)11-13-5-2-1-3-6-13/h1-3,5-6,8-9,14,24H,4,7,10-12H2,(H,21,25)/p+1. The van der Waals surface area contributed by atoms with Crippen LogP contribution in [0.25, 0.3) is 11.2 Å². The second-order valence-electron chi connectivity index (χ2n) is 6.52. The Morgan fingerprint density at radius 3 is 2.88 bits per heavy atom. The summed E-state index contributed by atoms with van der Waals surface area (Å²) in [6, 6.07) is 13.6. The zero-order valence-electron chi connectivity index (χ0n) is 13.9. The average molecular weight is 337 g/mol. The molecule has 0 spiro atoms. The molecule has 1 aliphatic heterocycles. The largest absolute Gasteiger partial charge is 0.390 e. The van der Waals surface area contributed by atoms with Crippen molar-refractivity contribution in [2.45, 2.75) is 25.4 Å². The highest BCUT2D eigenvalue weighted by molar-refractivity contribution is 5.67. The second kappa shape index (κ2) is 6.64. The lowest BCUT2D eigenvalue weighted by Gasteiger charge is -2.26. The van der Waals surface area contributed by atoms with Gasteiger partial charge in [-0.15, -0.1) is 4.98 Å². The Kier molecular flexibility index (Phi) is 4.19. The summed E-state index contributed by atoms with van der Waals surface area (Å²) < 4.78 is 0. The van der Waals surface area contributed by atoms with E-state index in [1.165, 1.54) is 0 Å². The zero-order valence-corrected chi connectivity index (χ0v) is 13.9. The average Bonchev–Trinajstić information content (AvgIpc) is 2.63. The van der Waals surface area contributed by atoms with Crippen LogP contribution in [0.3, 0.4) is 0 Å². The Morgan fingerprint density at radius 1 is 1.24 bits per heavy atom. The molecule has 3 N–H and O–H groups in total. The lowest BCUT2D eigenvalue weighted by atomic mass is 10.1. The van der Waals surface area contributed by atoms with Gasteiger partial charge in [0.15, 0.2) is 5.69 Å². The Labute approximate surface area is 145 Å². The van der Waals surface area contributed by atoms with Gasteiger partial charge in [-0.2, -0.15) is 0 Å². The van der Waals surface area contributed by atoms with E-state index in [9.17, 15) is 9.90 Å². The molecule has 1 aromatic carbocycles. The molecule has 0 bridgehead atoms. The molecule has 4 rings (SSSR count). The van der Waals surface area contributed by atoms with Gasteiger partial charge in [-0.3, -0.25) is 9.69 Å². The van der Waals surface area contributed by atoms with Crippen molar-refractivity contribution in [2.24, 2.45) is 0 Å². The molecular formula is C19H21N4O2+. The number of benzene rings is 1. The number of hydrogen-bond acceptors (Lipinski definition) is 4. The summed E-state index contributed by atoms with van der Waals surface area (Å²) in [6.07, 6.45) is 2.00. The van der Waals surface area contributed by atoms with Gasteiger partial charge in [0.25, 0.3) is 11.2 Å². The van der Waals surface area contributed by atoms with Crippen molar-refractivity contribution in [2.75, 3.05) is 18.0 Å². The van der Waals surface area contributed by atoms with Crippen molar-refractivity contribution < 1.29 is 10.1 Å². The van der Waals surface area contributed by atoms with Gasteiger partial charge in [-0.1, -0.05) is 30.3 Å². The Hall–Kier alpha value is -2.73. The van der Waals surface area contributed by atoms with Crippen molar-refractivity contribution in [3.63, 3.8) is 0 Å². The maximum atomic E-state index is 12.3. The van der Waals surface area contributed by atoms with Crippen LogP contribution in [0.4, 0.5) is 5.82 Å². The molecule has 128 valence electrons. The van der Waals surface area contributed by atoms with Crippen LogP contribution in [-0.4, -0.2) is 34.3 Å². The van der Waals surface area contributed by atoms with Crippen LogP contribution in [0.5, 0.6) is 0 Å². The lowest BCUT2D eigenvalue weighted by Crippen LogP contribution is -2.41. The van der Waals surface area contributed by atoms with E-state index in [-0.39, 0.29) is 11.7 Å². The van der Waals surface area contributed by atoms with Crippen molar-refractivity contribution >= 4 is 17.0 Å². The predicted octanol–water partition coefficient (Wildman–Crippen LogP) is 1.29. The predicted molar refractivity (Wildman–Crippen MR) is 95.6 cm³/mol. The number of nitrogens with zero attached hydrogens (tertiary/aromatic N) is 2. The van der Waals surface area contributed by atoms with Crippen LogP contribution in [0.1, 0.15) is 24.1 Å². The van der Waals surface area contributed by atoms with E-state index in [2.05, 4.69) is 19.9 Å². The molecule has 3 aromatic rings. The van der Waals surface area contributed by atoms with E-state index < -0.39 is 0 Å². The molecule has 3 heterocycles. The highest BCUT2D eigenvalue weighted by Crippen LogP contribution is 2.17. The zero-order chi connectivity index (χ0) is 17.2. The van der Waals surface area contributed by atoms with E-state index >= 15 is 0 Å². The van der Waals surface area contributed by atoms with Crippen LogP contribution >= 0.6 is 0 Å². The number of nitrogens with one attached hydrogen (secondary N) is 2. The van der Waals surface area contributed by atoms with Crippen LogP contribution in [0, 0.1) is 0 Å². The van der Waals surface area contributed by atoms with Gasteiger partial charge in [0.1, 0.15) is 5.52 Å². The molecule has 1 atom stereocenters. The minimum absolute atomic E-state index is 0.161. The molecule has 2 aromatic heterocycles. The first-order valence-corrected chi connectivity index (χ1v) is 8.61. The number of β-amino-alcohol motifs (C(OH)–C–C–N with tert-alkyl or cyclic N) is 1. The number of hydrogen-bond donors (Lipinski definition) is 2. The first-order chi connectivity index (χ1) is 12.2. The minimum atomic E-state index is -0.296. The molecule has 6 heteroatoms. The summed E-state index contributed by atoms with van der Waals surface area (Å²) in [5.74, 6) is 0.913. The van der Waals surface area contributed by atoms with Crippen molar-refractivity contribution in [1.82, 2.24) is 9.97 Å². The number of aromatic nitrogens is 3. The summed E-state index contributed by atoms with van der Waals surface area (Å²) in [4.78, 5) is 25.2. The molecule has 1 aliphatic rings. The molecule has 1 saturated heterocycles. The highest BCUT2D eigenvalue weighted by Gasteiger charge is 2.23. The van der Waals surface area contributed by atoms with Gasteiger partial charge in [0.05, 0.1) is 19.2 Å². The maximum Gasteiger partial charge on any atom is 0.287 e. The SMILES string of the molecule is O=c1[nH]c2ccc(N3CCCC(O)C3)[nH+]c2nc1Cc1ccccc1. The van der Waals surface area contributed by atoms with E-state index in [0.29, 0.717) is 29.8 Å². The number of aliphatic hydroxyl groups is 1. The molecule has 6 nitrogen and oxygen atoms in total. The van der Waals surface area contributed by atoms with Gasteiger partial charge in [0.2, 0.25) is 5.82 Å². The summed E-state index contributed by atoms with van der Waals surface area (Å²) in [5, 5.41) is 9.88. The van der Waals surface area contributed by atoms with E-state index in [1.807, 2.05) is 42.5 Å². The fourth-order valence-electron chi connectivity index (χ4n) is 3.31. The third-order valence-electron chi connectivity index (χ3n) is 4.62. The third kappa shape index (κ3) is 3.39. The number of piperidine rings is 1. The minimum Gasteiger partial charge on any atom is -0.390 e. The van der Waals surface area contributed by atoms with E-state index in [0.717, 1.165) is 30.8 Å². The molecule has 1 fully saturated rings. The van der Waals surface area contributed by atoms with Gasteiger partial charge < -0.3 is 10.1 Å². The van der Waals surface area contributed by atoms with Crippen LogP contribution < -0.4 is 15.4 Å². The van der Waals surface area contributed by atoms with Crippen molar-refractivity contribution in [1.29, 1.82) is 0 Å². The maximum absolute atomic E-state index is 12.3. The number of aliphatic hydroxyl groups excluding tert-OH is 1. The first kappa shape index (κ1) is 15.8. The summed E-state index contributed by atoms with van der Waals surface area (Å²) >= 11 is 0. The van der Waals surface area contributed by atoms with Crippen LogP contribution in [0.2, 0.25) is 0 Å². The van der Waals surface area contributed by atoms with Gasteiger partial charge in [0, 0.05) is 12.5 Å². The van der Waals surface area contributed by atoms with Gasteiger partial charge in [-0.05, 0) is 24.5 Å². The first-order valence-electron chi connectivity index (χ1n) is 8.61. The topological polar surface area (TPSA) is 83.4 Å². The fraction of sp³-hybridized carbons (Fsp3) is 0.316. The Morgan fingerprint density at radius 2 is 2.08 bits per heavy atom. The molecule has 25 heavy (non-hydrogen) atoms. The number of H-pyrrole nitrogens is 2. The molecular weight excluding hydrogens is 316 g/mol. The third-order valence-corrected chi connectivity index (χ3v) is 4.62. The van der Waals surface area contributed by atoms with E-state index in [4.69, 9.17) is 0 Å². The highest BCUT2D eigenvalue weighted by atomic mass is 16.3. The Balaban J connectivity index is 1.69. The number of anilines is 1. The quantitative estimate of drug-likeness (QED) is 0.754. The summed E-state index contributed by atoms with van der Waals surface area (Å²) in [5.41, 5.74) is 2.72. The van der Waals surface area contributed by atoms with Gasteiger partial charge in [-0.25, -0.2) is 4.98 Å². The van der Waals surface area contributed by atoms with Gasteiger partial charge >= 0.3 is 0 Å². The molecule has 0 amide bonds. The second-order valence-corrected chi connectivity index (χ2v) is 6.52. The van der Waals surface area contributed by atoms with Crippen molar-refractivity contribution in [3.8, 4) is 0 Å². The number of rotatable bonds is 3. The van der Waals surface area contributed by atoms with Crippen LogP contribution in [0.15, 0.2) is 47.3 Å². The number of pyridine rings is 1. The fourth-order valence-corrected chi connectivity index (χ4v) is 3.31. The number of aromatic amines is 2. The summed E-state index contributed by atoms with van der Waals surface area (Å²) in [7, 11) is 0. The van der Waals surface area contributed by atoms with Crippen molar-refractivity contribution in [3.05, 3.63) is 64.1 Å². The Bertz CT molecular complexity index is 939. The summed E-state index contributed by atoms with van der Waals surface area (Å²) in [6.45, 7) is 1.52. The number of fused-ring (bicyclic) bond motifs is 1. The van der Waals surface area contributed by atoms with Crippen LogP contribution in [-0.2, 0) is 6.42 Å². The lowest BCUT2D eigenvalue weighted by molar-refractivity contribution is -0.334. The molecule has 1 unspecified atom stereocenters. The molecule has 0 radical (unpaired) electrons.